The summed E-state index contributed by atoms with van der Waals surface area (Å²) in [6.07, 6.45) is 4.01. The lowest BCUT2D eigenvalue weighted by molar-refractivity contribution is -0.136. The molecule has 4 fully saturated rings. The van der Waals surface area contributed by atoms with Gasteiger partial charge in [0, 0.05) is 17.9 Å². The third-order valence-corrected chi connectivity index (χ3v) is 7.74. The van der Waals surface area contributed by atoms with Crippen molar-refractivity contribution >= 4 is 5.97 Å². The van der Waals surface area contributed by atoms with Gasteiger partial charge in [0.05, 0.1) is 0 Å². The lowest BCUT2D eigenvalue weighted by atomic mass is 9.53. The van der Waals surface area contributed by atoms with E-state index in [0.717, 1.165) is 36.0 Å². The molecular weight excluding hydrogens is 369 g/mol. The maximum atomic E-state index is 15.0. The van der Waals surface area contributed by atoms with E-state index in [2.05, 4.69) is 11.4 Å². The fourth-order valence-electron chi connectivity index (χ4n) is 6.38. The van der Waals surface area contributed by atoms with E-state index in [0.29, 0.717) is 37.0 Å². The third-order valence-electron chi connectivity index (χ3n) is 7.74. The molecule has 160 valence electrons. The molecule has 29 heavy (non-hydrogen) atoms. The van der Waals surface area contributed by atoms with Crippen LogP contribution in [-0.2, 0) is 16.6 Å². The zero-order valence-electron chi connectivity index (χ0n) is 17.7. The van der Waals surface area contributed by atoms with Gasteiger partial charge in [-0.1, -0.05) is 37.6 Å². The van der Waals surface area contributed by atoms with Gasteiger partial charge in [-0.25, -0.2) is 4.39 Å². The first-order valence-electron chi connectivity index (χ1n) is 11.0. The number of rotatable bonds is 7. The van der Waals surface area contributed by atoms with Crippen molar-refractivity contribution in [2.24, 2.45) is 17.8 Å². The van der Waals surface area contributed by atoms with E-state index in [1.165, 1.54) is 0 Å². The van der Waals surface area contributed by atoms with Crippen molar-refractivity contribution in [1.29, 1.82) is 0 Å². The second-order valence-electron chi connectivity index (χ2n) is 10.5. The Bertz CT molecular complexity index is 776. The van der Waals surface area contributed by atoms with Crippen LogP contribution < -0.4 is 5.32 Å². The molecule has 0 radical (unpaired) electrons. The van der Waals surface area contributed by atoms with Crippen LogP contribution in [0.25, 0.3) is 0 Å². The minimum absolute atomic E-state index is 0.0989. The Morgan fingerprint density at radius 1 is 1.24 bits per heavy atom. The maximum absolute atomic E-state index is 15.0. The first kappa shape index (κ1) is 20.8. The van der Waals surface area contributed by atoms with Gasteiger partial charge in [-0.15, -0.1) is 0 Å². The van der Waals surface area contributed by atoms with Crippen LogP contribution >= 0.6 is 0 Å². The number of aryl methyl sites for hydroxylation is 2. The van der Waals surface area contributed by atoms with E-state index in [1.807, 2.05) is 32.9 Å². The Morgan fingerprint density at radius 3 is 2.48 bits per heavy atom. The van der Waals surface area contributed by atoms with Crippen molar-refractivity contribution in [3.8, 4) is 0 Å². The molecule has 4 bridgehead atoms. The highest BCUT2D eigenvalue weighted by molar-refractivity contribution is 5.67. The molecular formula is C24H34FNO3. The van der Waals surface area contributed by atoms with Crippen LogP contribution in [0.3, 0.4) is 0 Å². The van der Waals surface area contributed by atoms with Crippen LogP contribution in [0.5, 0.6) is 0 Å². The number of halogens is 1. The molecule has 1 aromatic rings. The van der Waals surface area contributed by atoms with Gasteiger partial charge >= 0.3 is 5.97 Å². The SMILES string of the molecule is Cc1cc(CCC(=O)O)cc(C(C)(C)C(O)NC2C3CC4CC2CC(F)(C4)C3)c1. The predicted octanol–water partition coefficient (Wildman–Crippen LogP) is 4.11. The molecule has 0 aliphatic heterocycles. The van der Waals surface area contributed by atoms with Crippen molar-refractivity contribution in [2.75, 3.05) is 0 Å². The van der Waals surface area contributed by atoms with Crippen LogP contribution in [-0.4, -0.2) is 34.1 Å². The number of alkyl halides is 1. The van der Waals surface area contributed by atoms with Crippen LogP contribution in [0, 0.1) is 24.7 Å². The van der Waals surface area contributed by atoms with Crippen LogP contribution in [0.1, 0.15) is 69.1 Å². The molecule has 0 aromatic heterocycles. The van der Waals surface area contributed by atoms with Crippen molar-refractivity contribution in [3.05, 3.63) is 34.9 Å². The second kappa shape index (κ2) is 7.35. The summed E-state index contributed by atoms with van der Waals surface area (Å²) in [7, 11) is 0. The molecule has 1 aromatic carbocycles. The molecule has 0 heterocycles. The monoisotopic (exact) mass is 403 g/mol. The molecule has 4 aliphatic rings. The highest BCUT2D eigenvalue weighted by atomic mass is 19.1. The summed E-state index contributed by atoms with van der Waals surface area (Å²) < 4.78 is 15.0. The normalized spacial score (nSPS) is 34.4. The molecule has 0 amide bonds. The van der Waals surface area contributed by atoms with Crippen molar-refractivity contribution in [1.82, 2.24) is 5.32 Å². The summed E-state index contributed by atoms with van der Waals surface area (Å²) in [5.74, 6) is 0.358. The number of benzene rings is 1. The van der Waals surface area contributed by atoms with E-state index in [4.69, 9.17) is 5.11 Å². The molecule has 4 nitrogen and oxygen atoms in total. The van der Waals surface area contributed by atoms with E-state index in [-0.39, 0.29) is 12.5 Å². The van der Waals surface area contributed by atoms with Crippen molar-refractivity contribution < 1.29 is 19.4 Å². The van der Waals surface area contributed by atoms with E-state index in [1.54, 1.807) is 0 Å². The predicted molar refractivity (Wildman–Crippen MR) is 110 cm³/mol. The molecule has 3 unspecified atom stereocenters. The third kappa shape index (κ3) is 4.09. The Hall–Kier alpha value is -1.46. The summed E-state index contributed by atoms with van der Waals surface area (Å²) in [4.78, 5) is 10.9. The number of aliphatic hydroxyl groups is 1. The van der Waals surface area contributed by atoms with Crippen LogP contribution in [0.4, 0.5) is 4.39 Å². The van der Waals surface area contributed by atoms with E-state index in [9.17, 15) is 14.3 Å². The summed E-state index contributed by atoms with van der Waals surface area (Å²) in [5, 5.41) is 23.7. The summed E-state index contributed by atoms with van der Waals surface area (Å²) in [6, 6.07) is 6.29. The van der Waals surface area contributed by atoms with Gasteiger partial charge in [-0.3, -0.25) is 10.1 Å². The van der Waals surface area contributed by atoms with Gasteiger partial charge in [-0.05, 0) is 74.3 Å². The molecule has 5 heteroatoms. The van der Waals surface area contributed by atoms with Gasteiger partial charge in [-0.2, -0.15) is 0 Å². The molecule has 4 saturated carbocycles. The number of carboxylic acids is 1. The molecule has 0 saturated heterocycles. The van der Waals surface area contributed by atoms with E-state index < -0.39 is 23.3 Å². The number of nitrogens with one attached hydrogen (secondary N) is 1. The number of carbonyl (C=O) groups is 1. The minimum Gasteiger partial charge on any atom is -0.481 e. The highest BCUT2D eigenvalue weighted by Crippen LogP contribution is 2.57. The zero-order valence-corrected chi connectivity index (χ0v) is 17.7. The first-order chi connectivity index (χ1) is 13.6. The van der Waals surface area contributed by atoms with Gasteiger partial charge < -0.3 is 10.2 Å². The minimum atomic E-state index is -0.968. The summed E-state index contributed by atoms with van der Waals surface area (Å²) >= 11 is 0. The molecule has 0 spiro atoms. The fraction of sp³-hybridized carbons (Fsp3) is 0.708. The molecule has 3 N–H and O–H groups in total. The lowest BCUT2D eigenvalue weighted by Crippen LogP contribution is -2.63. The average molecular weight is 404 g/mol. The van der Waals surface area contributed by atoms with E-state index >= 15 is 0 Å². The number of aliphatic carboxylic acids is 1. The van der Waals surface area contributed by atoms with Gasteiger partial charge in [0.1, 0.15) is 11.9 Å². The fourth-order valence-corrected chi connectivity index (χ4v) is 6.38. The summed E-state index contributed by atoms with van der Waals surface area (Å²) in [6.45, 7) is 6.04. The molecule has 4 aliphatic carbocycles. The Morgan fingerprint density at radius 2 is 1.90 bits per heavy atom. The smallest absolute Gasteiger partial charge is 0.303 e. The quantitative estimate of drug-likeness (QED) is 0.599. The molecule has 3 atom stereocenters. The first-order valence-corrected chi connectivity index (χ1v) is 11.0. The van der Waals surface area contributed by atoms with Crippen molar-refractivity contribution in [3.63, 3.8) is 0 Å². The zero-order chi connectivity index (χ0) is 21.0. The standard InChI is InChI=1S/C24H34FNO3/c1-14-6-15(4-5-20(27)28)10-19(7-14)23(2,3)22(29)26-21-17-8-16-9-18(21)13-24(25,11-16)12-17/h6-7,10,16-18,21-22,26,29H,4-5,8-9,11-13H2,1-3H3,(H,27,28). The Kier molecular flexibility index (Phi) is 5.27. The topological polar surface area (TPSA) is 69.6 Å². The van der Waals surface area contributed by atoms with Crippen LogP contribution in [0.15, 0.2) is 18.2 Å². The van der Waals surface area contributed by atoms with Gasteiger partial charge in [0.2, 0.25) is 0 Å². The highest BCUT2D eigenvalue weighted by Gasteiger charge is 2.56. The van der Waals surface area contributed by atoms with Crippen LogP contribution in [0.2, 0.25) is 0 Å². The second-order valence-corrected chi connectivity index (χ2v) is 10.5. The number of hydrogen-bond donors (Lipinski definition) is 3. The van der Waals surface area contributed by atoms with Gasteiger partial charge in [0.25, 0.3) is 0 Å². The average Bonchev–Trinajstić information content (AvgIpc) is 2.61. The van der Waals surface area contributed by atoms with Gasteiger partial charge in [0.15, 0.2) is 0 Å². The Balaban J connectivity index is 1.49. The molecule has 5 rings (SSSR count). The number of aliphatic hydroxyl groups excluding tert-OH is 1. The number of carboxylic acid groups (broad SMARTS) is 1. The lowest BCUT2D eigenvalue weighted by Gasteiger charge is -2.57. The van der Waals surface area contributed by atoms with Crippen molar-refractivity contribution in [2.45, 2.75) is 89.1 Å². The number of hydrogen-bond acceptors (Lipinski definition) is 3. The maximum Gasteiger partial charge on any atom is 0.303 e. The largest absolute Gasteiger partial charge is 0.481 e. The summed E-state index contributed by atoms with van der Waals surface area (Å²) in [5.41, 5.74) is 1.55. The Labute approximate surface area is 172 Å².